The summed E-state index contributed by atoms with van der Waals surface area (Å²) < 4.78 is 11.0. The number of carbonyl (C=O) groups excluding carboxylic acids is 2. The highest BCUT2D eigenvalue weighted by Gasteiger charge is 2.56. The number of morpholine rings is 1. The summed E-state index contributed by atoms with van der Waals surface area (Å²) >= 11 is 0. The first-order chi connectivity index (χ1) is 15.9. The van der Waals surface area contributed by atoms with Crippen LogP contribution in [0.5, 0.6) is 0 Å². The molecule has 2 N–H and O–H groups in total. The zero-order chi connectivity index (χ0) is 23.2. The van der Waals surface area contributed by atoms with Gasteiger partial charge in [-0.2, -0.15) is 0 Å². The zero-order valence-corrected chi connectivity index (χ0v) is 18.3. The predicted molar refractivity (Wildman–Crippen MR) is 119 cm³/mol. The summed E-state index contributed by atoms with van der Waals surface area (Å²) in [6.07, 6.45) is -0.385. The summed E-state index contributed by atoms with van der Waals surface area (Å²) in [7, 11) is 0. The number of nitrogens with one attached hydrogen (secondary N) is 1. The molecule has 33 heavy (non-hydrogen) atoms. The van der Waals surface area contributed by atoms with Gasteiger partial charge in [-0.25, -0.2) is 9.59 Å². The van der Waals surface area contributed by atoms with Gasteiger partial charge in [-0.3, -0.25) is 4.79 Å². The fraction of sp³-hybridized carbons (Fsp3) is 0.400. The summed E-state index contributed by atoms with van der Waals surface area (Å²) in [4.78, 5) is 38.9. The average molecular weight is 450 g/mol. The third-order valence-corrected chi connectivity index (χ3v) is 6.85. The maximum absolute atomic E-state index is 13.2. The molecule has 2 unspecified atom stereocenters. The van der Waals surface area contributed by atoms with E-state index >= 15 is 0 Å². The monoisotopic (exact) mass is 450 g/mol. The summed E-state index contributed by atoms with van der Waals surface area (Å²) in [6, 6.07) is 15.1. The highest BCUT2D eigenvalue weighted by molar-refractivity contribution is 5.95. The molecule has 8 nitrogen and oxygen atoms in total. The molecule has 8 heteroatoms. The van der Waals surface area contributed by atoms with Crippen molar-refractivity contribution in [3.05, 3.63) is 59.7 Å². The standard InChI is InChI=1S/C25H26N2O6/c1-15-21(22(28)29)27(12-13-32-15)23(30)25(10-11-25)26-24(31)33-14-20-18-8-4-2-6-16(18)17-7-3-5-9-19(17)20/h2-9,15,20-21H,10-14H2,1H3,(H,26,31)(H,28,29). The van der Waals surface area contributed by atoms with E-state index in [1.54, 1.807) is 6.92 Å². The SMILES string of the molecule is CC1OCCN(C(=O)C2(NC(=O)OCC3c4ccccc4-c4ccccc43)CC2)C1C(=O)O. The smallest absolute Gasteiger partial charge is 0.408 e. The van der Waals surface area contributed by atoms with Gasteiger partial charge in [0.05, 0.1) is 12.7 Å². The van der Waals surface area contributed by atoms with Crippen molar-refractivity contribution >= 4 is 18.0 Å². The minimum Gasteiger partial charge on any atom is -0.480 e. The Bertz CT molecular complexity index is 1070. The third-order valence-electron chi connectivity index (χ3n) is 6.85. The van der Waals surface area contributed by atoms with E-state index in [9.17, 15) is 19.5 Å². The summed E-state index contributed by atoms with van der Waals surface area (Å²) in [6.45, 7) is 2.22. The van der Waals surface area contributed by atoms with E-state index in [2.05, 4.69) is 17.4 Å². The number of carboxylic acids is 1. The van der Waals surface area contributed by atoms with Crippen LogP contribution in [-0.2, 0) is 19.1 Å². The maximum Gasteiger partial charge on any atom is 0.408 e. The molecule has 0 bridgehead atoms. The number of carboxylic acid groups (broad SMARTS) is 1. The average Bonchev–Trinajstić information content (AvgIpc) is 3.52. The molecule has 3 aliphatic rings. The van der Waals surface area contributed by atoms with Crippen molar-refractivity contribution in [3.63, 3.8) is 0 Å². The van der Waals surface area contributed by atoms with E-state index in [1.165, 1.54) is 4.90 Å². The first-order valence-electron chi connectivity index (χ1n) is 11.2. The Morgan fingerprint density at radius 2 is 1.70 bits per heavy atom. The summed E-state index contributed by atoms with van der Waals surface area (Å²) in [5, 5.41) is 12.3. The second-order valence-electron chi connectivity index (χ2n) is 8.89. The van der Waals surface area contributed by atoms with Crippen LogP contribution in [0.4, 0.5) is 4.79 Å². The number of carbonyl (C=O) groups is 3. The molecule has 1 heterocycles. The first-order valence-corrected chi connectivity index (χ1v) is 11.2. The molecule has 1 aliphatic heterocycles. The van der Waals surface area contributed by atoms with Gasteiger partial charge in [0.25, 0.3) is 0 Å². The Kier molecular flexibility index (Phi) is 5.32. The van der Waals surface area contributed by atoms with Gasteiger partial charge in [0.2, 0.25) is 5.91 Å². The van der Waals surface area contributed by atoms with Gasteiger partial charge in [0.15, 0.2) is 6.04 Å². The molecule has 2 aromatic rings. The number of fused-ring (bicyclic) bond motifs is 3. The lowest BCUT2D eigenvalue weighted by Crippen LogP contribution is -2.61. The molecule has 0 radical (unpaired) electrons. The van der Waals surface area contributed by atoms with Crippen molar-refractivity contribution in [2.45, 2.75) is 43.4 Å². The zero-order valence-electron chi connectivity index (χ0n) is 18.3. The first kappa shape index (κ1) is 21.5. The molecule has 2 atom stereocenters. The molecule has 5 rings (SSSR count). The van der Waals surface area contributed by atoms with Crippen molar-refractivity contribution in [3.8, 4) is 11.1 Å². The molecule has 2 amide bonds. The van der Waals surface area contributed by atoms with Crippen LogP contribution in [0.3, 0.4) is 0 Å². The van der Waals surface area contributed by atoms with E-state index in [-0.39, 0.29) is 25.7 Å². The van der Waals surface area contributed by atoms with Crippen LogP contribution in [0.25, 0.3) is 11.1 Å². The quantitative estimate of drug-likeness (QED) is 0.726. The van der Waals surface area contributed by atoms with E-state index < -0.39 is 35.7 Å². The normalized spacial score (nSPS) is 22.8. The number of alkyl carbamates (subject to hydrolysis) is 1. The predicted octanol–water partition coefficient (Wildman–Crippen LogP) is 2.76. The van der Waals surface area contributed by atoms with E-state index in [0.29, 0.717) is 12.8 Å². The highest BCUT2D eigenvalue weighted by atomic mass is 16.5. The summed E-state index contributed by atoms with van der Waals surface area (Å²) in [5.74, 6) is -1.59. The van der Waals surface area contributed by atoms with Crippen LogP contribution in [-0.4, -0.2) is 65.4 Å². The van der Waals surface area contributed by atoms with Gasteiger partial charge in [-0.05, 0) is 42.0 Å². The lowest BCUT2D eigenvalue weighted by molar-refractivity contribution is -0.166. The largest absolute Gasteiger partial charge is 0.480 e. The van der Waals surface area contributed by atoms with Crippen LogP contribution in [0.15, 0.2) is 48.5 Å². The number of rotatable bonds is 5. The number of amides is 2. The van der Waals surface area contributed by atoms with Gasteiger partial charge < -0.3 is 24.8 Å². The van der Waals surface area contributed by atoms with Gasteiger partial charge in [-0.15, -0.1) is 0 Å². The van der Waals surface area contributed by atoms with Crippen LogP contribution in [0.2, 0.25) is 0 Å². The fourth-order valence-electron chi connectivity index (χ4n) is 5.00. The number of benzene rings is 2. The second kappa shape index (κ2) is 8.19. The van der Waals surface area contributed by atoms with Crippen LogP contribution in [0.1, 0.15) is 36.8 Å². The molecule has 2 aromatic carbocycles. The maximum atomic E-state index is 13.2. The fourth-order valence-corrected chi connectivity index (χ4v) is 5.00. The van der Waals surface area contributed by atoms with Gasteiger partial charge >= 0.3 is 12.1 Å². The molecule has 0 spiro atoms. The van der Waals surface area contributed by atoms with E-state index in [0.717, 1.165) is 22.3 Å². The minimum absolute atomic E-state index is 0.0783. The molecular formula is C25H26N2O6. The Morgan fingerprint density at radius 3 is 2.27 bits per heavy atom. The Morgan fingerprint density at radius 1 is 1.09 bits per heavy atom. The number of hydrogen-bond donors (Lipinski definition) is 2. The minimum atomic E-state index is -1.12. The topological polar surface area (TPSA) is 105 Å². The van der Waals surface area contributed by atoms with Crippen LogP contribution < -0.4 is 5.32 Å². The van der Waals surface area contributed by atoms with Crippen LogP contribution >= 0.6 is 0 Å². The number of nitrogens with zero attached hydrogens (tertiary/aromatic N) is 1. The number of aliphatic carboxylic acids is 1. The third kappa shape index (κ3) is 3.74. The molecular weight excluding hydrogens is 424 g/mol. The van der Waals surface area contributed by atoms with Gasteiger partial charge in [-0.1, -0.05) is 48.5 Å². The van der Waals surface area contributed by atoms with Crippen molar-refractivity contribution in [1.82, 2.24) is 10.2 Å². The molecule has 2 fully saturated rings. The number of ether oxygens (including phenoxy) is 2. The number of hydrogen-bond acceptors (Lipinski definition) is 5. The molecule has 1 saturated heterocycles. The molecule has 0 aromatic heterocycles. The van der Waals surface area contributed by atoms with Crippen LogP contribution in [0, 0.1) is 0 Å². The lowest BCUT2D eigenvalue weighted by Gasteiger charge is -2.39. The van der Waals surface area contributed by atoms with Gasteiger partial charge in [0.1, 0.15) is 12.1 Å². The second-order valence-corrected chi connectivity index (χ2v) is 8.89. The lowest BCUT2D eigenvalue weighted by atomic mass is 9.98. The molecule has 2 aliphatic carbocycles. The molecule has 172 valence electrons. The Labute approximate surface area is 191 Å². The van der Waals surface area contributed by atoms with Crippen molar-refractivity contribution in [2.75, 3.05) is 19.8 Å². The van der Waals surface area contributed by atoms with Crippen molar-refractivity contribution < 1.29 is 29.0 Å². The van der Waals surface area contributed by atoms with Gasteiger partial charge in [0, 0.05) is 12.5 Å². The Hall–Kier alpha value is -3.39. The molecule has 1 saturated carbocycles. The van der Waals surface area contributed by atoms with E-state index in [4.69, 9.17) is 9.47 Å². The Balaban J connectivity index is 1.26. The summed E-state index contributed by atoms with van der Waals surface area (Å²) in [5.41, 5.74) is 3.38. The van der Waals surface area contributed by atoms with E-state index in [1.807, 2.05) is 36.4 Å². The van der Waals surface area contributed by atoms with Crippen molar-refractivity contribution in [1.29, 1.82) is 0 Å². The highest BCUT2D eigenvalue weighted by Crippen LogP contribution is 2.44. The van der Waals surface area contributed by atoms with Crippen molar-refractivity contribution in [2.24, 2.45) is 0 Å².